The summed E-state index contributed by atoms with van der Waals surface area (Å²) in [6.07, 6.45) is 5.25. The van der Waals surface area contributed by atoms with Gasteiger partial charge in [0.1, 0.15) is 23.3 Å². The molecule has 0 saturated carbocycles. The fourth-order valence-electron chi connectivity index (χ4n) is 3.96. The van der Waals surface area contributed by atoms with Crippen LogP contribution in [0.15, 0.2) is 54.9 Å². The molecule has 6 nitrogen and oxygen atoms in total. The van der Waals surface area contributed by atoms with Gasteiger partial charge >= 0.3 is 0 Å². The highest BCUT2D eigenvalue weighted by atomic mass is 19.1. The SMILES string of the molecule is Cc1nccn1-c1ccc(Nc2nc3n(n2)CCC[C@H]3c2ccc(F)cc2)cc1F. The van der Waals surface area contributed by atoms with Gasteiger partial charge in [-0.05, 0) is 55.7 Å². The van der Waals surface area contributed by atoms with E-state index in [1.165, 1.54) is 18.2 Å². The molecule has 2 aromatic heterocycles. The van der Waals surface area contributed by atoms with Crippen LogP contribution in [0.1, 0.15) is 36.0 Å². The minimum Gasteiger partial charge on any atom is -0.323 e. The van der Waals surface area contributed by atoms with Crippen molar-refractivity contribution in [1.82, 2.24) is 24.3 Å². The molecule has 0 bridgehead atoms. The predicted molar refractivity (Wildman–Crippen MR) is 109 cm³/mol. The summed E-state index contributed by atoms with van der Waals surface area (Å²) in [6, 6.07) is 11.4. The van der Waals surface area contributed by atoms with Crippen molar-refractivity contribution >= 4 is 11.6 Å². The molecule has 0 radical (unpaired) electrons. The smallest absolute Gasteiger partial charge is 0.246 e. The first-order valence-corrected chi connectivity index (χ1v) is 9.85. The highest BCUT2D eigenvalue weighted by Gasteiger charge is 2.26. The second-order valence-corrected chi connectivity index (χ2v) is 7.40. The first-order chi connectivity index (χ1) is 14.6. The van der Waals surface area contributed by atoms with E-state index in [0.29, 0.717) is 23.1 Å². The summed E-state index contributed by atoms with van der Waals surface area (Å²) in [5.41, 5.74) is 2.02. The molecule has 5 rings (SSSR count). The molecule has 3 heterocycles. The maximum atomic E-state index is 14.7. The number of anilines is 2. The molecule has 152 valence electrons. The van der Waals surface area contributed by atoms with Crippen molar-refractivity contribution in [3.63, 3.8) is 0 Å². The highest BCUT2D eigenvalue weighted by molar-refractivity contribution is 5.56. The monoisotopic (exact) mass is 406 g/mol. The van der Waals surface area contributed by atoms with Crippen molar-refractivity contribution in [2.45, 2.75) is 32.2 Å². The fourth-order valence-corrected chi connectivity index (χ4v) is 3.96. The zero-order valence-corrected chi connectivity index (χ0v) is 16.4. The van der Waals surface area contributed by atoms with Crippen LogP contribution < -0.4 is 5.32 Å². The average molecular weight is 406 g/mol. The zero-order chi connectivity index (χ0) is 20.7. The molecule has 4 aromatic rings. The minimum atomic E-state index is -0.366. The van der Waals surface area contributed by atoms with Crippen molar-refractivity contribution in [3.8, 4) is 5.69 Å². The summed E-state index contributed by atoms with van der Waals surface area (Å²) in [7, 11) is 0. The molecule has 0 unspecified atom stereocenters. The normalized spacial score (nSPS) is 15.8. The molecule has 1 aliphatic rings. The zero-order valence-electron chi connectivity index (χ0n) is 16.4. The Morgan fingerprint density at radius 1 is 1.10 bits per heavy atom. The lowest BCUT2D eigenvalue weighted by Crippen LogP contribution is -2.17. The van der Waals surface area contributed by atoms with Crippen LogP contribution in [0.2, 0.25) is 0 Å². The first kappa shape index (κ1) is 18.5. The van der Waals surface area contributed by atoms with Crippen LogP contribution >= 0.6 is 0 Å². The largest absolute Gasteiger partial charge is 0.323 e. The molecule has 1 atom stereocenters. The van der Waals surface area contributed by atoms with E-state index >= 15 is 0 Å². The number of nitrogens with zero attached hydrogens (tertiary/aromatic N) is 5. The minimum absolute atomic E-state index is 0.0609. The third-order valence-electron chi connectivity index (χ3n) is 5.44. The molecule has 0 fully saturated rings. The third-order valence-corrected chi connectivity index (χ3v) is 5.44. The third kappa shape index (κ3) is 3.34. The van der Waals surface area contributed by atoms with E-state index < -0.39 is 0 Å². The van der Waals surface area contributed by atoms with E-state index in [-0.39, 0.29) is 17.6 Å². The van der Waals surface area contributed by atoms with Gasteiger partial charge in [0.25, 0.3) is 0 Å². The highest BCUT2D eigenvalue weighted by Crippen LogP contribution is 2.33. The Bertz CT molecular complexity index is 1190. The van der Waals surface area contributed by atoms with E-state index in [9.17, 15) is 8.78 Å². The van der Waals surface area contributed by atoms with Crippen LogP contribution in [0, 0.1) is 18.6 Å². The van der Waals surface area contributed by atoms with Gasteiger partial charge in [-0.2, -0.15) is 4.98 Å². The number of hydrogen-bond donors (Lipinski definition) is 1. The second kappa shape index (κ2) is 7.37. The summed E-state index contributed by atoms with van der Waals surface area (Å²) < 4.78 is 31.5. The summed E-state index contributed by atoms with van der Waals surface area (Å²) in [4.78, 5) is 8.79. The number of imidazole rings is 1. The maximum Gasteiger partial charge on any atom is 0.246 e. The van der Waals surface area contributed by atoms with Crippen LogP contribution in [-0.2, 0) is 6.54 Å². The number of fused-ring (bicyclic) bond motifs is 1. The Morgan fingerprint density at radius 3 is 2.67 bits per heavy atom. The number of halogens is 2. The first-order valence-electron chi connectivity index (χ1n) is 9.85. The van der Waals surface area contributed by atoms with E-state index in [1.807, 2.05) is 11.6 Å². The van der Waals surface area contributed by atoms with Gasteiger partial charge in [0.05, 0.1) is 5.69 Å². The Kier molecular flexibility index (Phi) is 4.54. The number of benzene rings is 2. The standard InChI is InChI=1S/C22H20F2N6/c1-14-25-10-12-29(14)20-9-8-17(13-19(20)24)26-22-27-21-18(3-2-11-30(21)28-22)15-4-6-16(23)7-5-15/h4-10,12-13,18H,2-3,11H2,1H3,(H,26,28)/t18-/m0/s1. The summed E-state index contributed by atoms with van der Waals surface area (Å²) in [6.45, 7) is 2.59. The van der Waals surface area contributed by atoms with Crippen LogP contribution in [0.25, 0.3) is 5.69 Å². The van der Waals surface area contributed by atoms with Gasteiger partial charge in [-0.25, -0.2) is 18.4 Å². The Labute approximate surface area is 172 Å². The number of aromatic nitrogens is 5. The van der Waals surface area contributed by atoms with Gasteiger partial charge in [-0.15, -0.1) is 5.10 Å². The van der Waals surface area contributed by atoms with Crippen LogP contribution in [0.4, 0.5) is 20.4 Å². The van der Waals surface area contributed by atoms with Crippen molar-refractivity contribution in [2.24, 2.45) is 0 Å². The maximum absolute atomic E-state index is 14.7. The fraction of sp³-hybridized carbons (Fsp3) is 0.227. The molecular weight excluding hydrogens is 386 g/mol. The number of nitrogens with one attached hydrogen (secondary N) is 1. The van der Waals surface area contributed by atoms with Gasteiger partial charge in [-0.1, -0.05) is 12.1 Å². The van der Waals surface area contributed by atoms with E-state index in [1.54, 1.807) is 41.2 Å². The lowest BCUT2D eigenvalue weighted by molar-refractivity contribution is 0.446. The summed E-state index contributed by atoms with van der Waals surface area (Å²) in [5.74, 6) is 1.41. The number of rotatable bonds is 4. The van der Waals surface area contributed by atoms with Gasteiger partial charge in [0.2, 0.25) is 5.95 Å². The quantitative estimate of drug-likeness (QED) is 0.533. The molecule has 30 heavy (non-hydrogen) atoms. The molecule has 2 aromatic carbocycles. The van der Waals surface area contributed by atoms with Crippen molar-refractivity contribution in [2.75, 3.05) is 5.32 Å². The molecule has 8 heteroatoms. The van der Waals surface area contributed by atoms with Crippen molar-refractivity contribution < 1.29 is 8.78 Å². The number of aryl methyl sites for hydroxylation is 2. The van der Waals surface area contributed by atoms with Gasteiger partial charge in [-0.3, -0.25) is 0 Å². The van der Waals surface area contributed by atoms with E-state index in [2.05, 4.69) is 20.4 Å². The molecule has 0 saturated heterocycles. The second-order valence-electron chi connectivity index (χ2n) is 7.40. The average Bonchev–Trinajstić information content (AvgIpc) is 3.34. The van der Waals surface area contributed by atoms with E-state index in [4.69, 9.17) is 0 Å². The lowest BCUT2D eigenvalue weighted by atomic mass is 9.91. The Morgan fingerprint density at radius 2 is 1.93 bits per heavy atom. The Balaban J connectivity index is 1.41. The topological polar surface area (TPSA) is 60.6 Å². The van der Waals surface area contributed by atoms with Gasteiger partial charge in [0.15, 0.2) is 0 Å². The molecule has 0 amide bonds. The molecule has 0 aliphatic carbocycles. The van der Waals surface area contributed by atoms with Crippen molar-refractivity contribution in [1.29, 1.82) is 0 Å². The van der Waals surface area contributed by atoms with Crippen molar-refractivity contribution in [3.05, 3.63) is 83.7 Å². The predicted octanol–water partition coefficient (Wildman–Crippen LogP) is 4.72. The summed E-state index contributed by atoms with van der Waals surface area (Å²) in [5, 5.41) is 7.64. The lowest BCUT2D eigenvalue weighted by Gasteiger charge is -2.22. The summed E-state index contributed by atoms with van der Waals surface area (Å²) >= 11 is 0. The van der Waals surface area contributed by atoms with Gasteiger partial charge < -0.3 is 9.88 Å². The molecule has 1 aliphatic heterocycles. The van der Waals surface area contributed by atoms with Gasteiger partial charge in [0, 0.05) is 30.5 Å². The molecule has 1 N–H and O–H groups in total. The number of hydrogen-bond acceptors (Lipinski definition) is 4. The van der Waals surface area contributed by atoms with Crippen LogP contribution in [0.5, 0.6) is 0 Å². The Hall–Kier alpha value is -3.55. The van der Waals surface area contributed by atoms with Crippen LogP contribution in [-0.4, -0.2) is 24.3 Å². The molecule has 0 spiro atoms. The van der Waals surface area contributed by atoms with Crippen LogP contribution in [0.3, 0.4) is 0 Å². The van der Waals surface area contributed by atoms with E-state index in [0.717, 1.165) is 30.8 Å². The molecular formula is C22H20F2N6.